The summed E-state index contributed by atoms with van der Waals surface area (Å²) in [6.45, 7) is 0. The van der Waals surface area contributed by atoms with Gasteiger partial charge in [0.1, 0.15) is 5.78 Å². The molecule has 0 saturated heterocycles. The molecule has 0 aliphatic heterocycles. The molecule has 3 nitrogen and oxygen atoms in total. The van der Waals surface area contributed by atoms with E-state index in [0.29, 0.717) is 24.5 Å². The first-order valence-corrected chi connectivity index (χ1v) is 5.17. The third kappa shape index (κ3) is 1.87. The second-order valence-corrected chi connectivity index (χ2v) is 4.05. The average molecular weight is 192 g/mol. The van der Waals surface area contributed by atoms with Crippen LogP contribution in [0.3, 0.4) is 0 Å². The van der Waals surface area contributed by atoms with Gasteiger partial charge in [0.15, 0.2) is 0 Å². The zero-order valence-electron chi connectivity index (χ0n) is 8.20. The van der Waals surface area contributed by atoms with E-state index in [1.807, 2.05) is 18.5 Å². The van der Waals surface area contributed by atoms with Crippen LogP contribution in [-0.4, -0.2) is 10.8 Å². The van der Waals surface area contributed by atoms with Crippen LogP contribution < -0.4 is 5.73 Å². The second-order valence-electron chi connectivity index (χ2n) is 4.05. The van der Waals surface area contributed by atoms with E-state index in [1.165, 1.54) is 0 Å². The van der Waals surface area contributed by atoms with E-state index >= 15 is 0 Å². The van der Waals surface area contributed by atoms with E-state index in [9.17, 15) is 4.79 Å². The minimum absolute atomic E-state index is 0.0920. The average Bonchev–Trinajstić information content (AvgIpc) is 2.71. The molecule has 1 aliphatic rings. The number of H-pyrrole nitrogens is 1. The topological polar surface area (TPSA) is 58.9 Å². The molecule has 14 heavy (non-hydrogen) atoms. The number of carbonyl (C=O) groups is 1. The van der Waals surface area contributed by atoms with Crippen molar-refractivity contribution in [2.45, 2.75) is 31.7 Å². The summed E-state index contributed by atoms with van der Waals surface area (Å²) in [6.07, 6.45) is 7.16. The van der Waals surface area contributed by atoms with Gasteiger partial charge < -0.3 is 10.7 Å². The Kier molecular flexibility index (Phi) is 2.68. The Morgan fingerprint density at radius 1 is 1.43 bits per heavy atom. The lowest BCUT2D eigenvalue weighted by molar-refractivity contribution is -0.121. The van der Waals surface area contributed by atoms with Crippen LogP contribution >= 0.6 is 0 Å². The van der Waals surface area contributed by atoms with Gasteiger partial charge >= 0.3 is 0 Å². The molecule has 0 aromatic carbocycles. The van der Waals surface area contributed by atoms with Gasteiger partial charge in [0.05, 0.1) is 0 Å². The van der Waals surface area contributed by atoms with E-state index in [0.717, 1.165) is 18.4 Å². The Labute approximate surface area is 83.7 Å². The smallest absolute Gasteiger partial charge is 0.132 e. The predicted octanol–water partition coefficient (Wildman–Crippen LogP) is 1.77. The van der Waals surface area contributed by atoms with Crippen molar-refractivity contribution >= 4 is 5.78 Å². The van der Waals surface area contributed by atoms with Gasteiger partial charge in [-0.25, -0.2) is 0 Å². The van der Waals surface area contributed by atoms with Crippen LogP contribution in [-0.2, 0) is 4.79 Å². The van der Waals surface area contributed by atoms with Crippen molar-refractivity contribution in [3.05, 3.63) is 24.0 Å². The van der Waals surface area contributed by atoms with E-state index in [1.54, 1.807) is 0 Å². The number of hydrogen-bond donors (Lipinski definition) is 2. The molecule has 1 atom stereocenters. The Morgan fingerprint density at radius 3 is 2.71 bits per heavy atom. The fourth-order valence-electron chi connectivity index (χ4n) is 2.14. The third-order valence-corrected chi connectivity index (χ3v) is 3.10. The maximum absolute atomic E-state index is 11.1. The van der Waals surface area contributed by atoms with Crippen LogP contribution in [0.5, 0.6) is 0 Å². The monoisotopic (exact) mass is 192 g/mol. The van der Waals surface area contributed by atoms with Gasteiger partial charge in [-0.05, 0) is 30.4 Å². The largest absolute Gasteiger partial charge is 0.367 e. The van der Waals surface area contributed by atoms with Crippen molar-refractivity contribution in [2.75, 3.05) is 0 Å². The van der Waals surface area contributed by atoms with Crippen LogP contribution in [0.1, 0.15) is 37.3 Å². The van der Waals surface area contributed by atoms with Gasteiger partial charge in [-0.15, -0.1) is 0 Å². The summed E-state index contributed by atoms with van der Waals surface area (Å²) < 4.78 is 0. The summed E-state index contributed by atoms with van der Waals surface area (Å²) in [5, 5.41) is 0. The lowest BCUT2D eigenvalue weighted by atomic mass is 9.82. The maximum atomic E-state index is 11.1. The number of carbonyl (C=O) groups excluding carboxylic acids is 1. The molecule has 0 amide bonds. The van der Waals surface area contributed by atoms with Crippen LogP contribution in [0.25, 0.3) is 0 Å². The quantitative estimate of drug-likeness (QED) is 0.750. The number of nitrogens with two attached hydrogens (primary N) is 1. The van der Waals surface area contributed by atoms with E-state index in [4.69, 9.17) is 5.73 Å². The number of aromatic nitrogens is 1. The molecule has 0 radical (unpaired) electrons. The van der Waals surface area contributed by atoms with Crippen LogP contribution in [0.15, 0.2) is 18.5 Å². The molecule has 1 heterocycles. The van der Waals surface area contributed by atoms with E-state index in [-0.39, 0.29) is 6.04 Å². The Bertz CT molecular complexity index is 295. The summed E-state index contributed by atoms with van der Waals surface area (Å²) in [4.78, 5) is 14.1. The highest BCUT2D eigenvalue weighted by Gasteiger charge is 2.25. The zero-order chi connectivity index (χ0) is 9.97. The number of nitrogens with one attached hydrogen (secondary N) is 1. The molecule has 3 N–H and O–H groups in total. The zero-order valence-corrected chi connectivity index (χ0v) is 8.20. The van der Waals surface area contributed by atoms with Gasteiger partial charge in [0.2, 0.25) is 0 Å². The maximum Gasteiger partial charge on any atom is 0.132 e. The molecule has 76 valence electrons. The highest BCUT2D eigenvalue weighted by molar-refractivity contribution is 5.79. The Hall–Kier alpha value is -1.09. The number of aromatic amines is 1. The number of Topliss-reactive ketones (excluding diaryl/α,β-unsaturated/α-hetero) is 1. The molecule has 2 rings (SSSR count). The molecule has 1 fully saturated rings. The molecule has 3 heteroatoms. The SMILES string of the molecule is NC(c1cc[nH]c1)C1CCC(=O)CC1. The first-order chi connectivity index (χ1) is 6.77. The first kappa shape index (κ1) is 9.46. The van der Waals surface area contributed by atoms with Crippen LogP contribution in [0.2, 0.25) is 0 Å². The summed E-state index contributed by atoms with van der Waals surface area (Å²) in [5.41, 5.74) is 7.29. The van der Waals surface area contributed by atoms with Crippen molar-refractivity contribution in [1.29, 1.82) is 0 Å². The first-order valence-electron chi connectivity index (χ1n) is 5.17. The normalized spacial score (nSPS) is 21.1. The molecule has 0 spiro atoms. The van der Waals surface area contributed by atoms with Crippen molar-refractivity contribution < 1.29 is 4.79 Å². The van der Waals surface area contributed by atoms with Crippen LogP contribution in [0.4, 0.5) is 0 Å². The van der Waals surface area contributed by atoms with Gasteiger partial charge in [0, 0.05) is 31.3 Å². The van der Waals surface area contributed by atoms with Gasteiger partial charge in [-0.1, -0.05) is 0 Å². The van der Waals surface area contributed by atoms with Gasteiger partial charge in [-0.3, -0.25) is 4.79 Å². The van der Waals surface area contributed by atoms with Crippen LogP contribution in [0, 0.1) is 5.92 Å². The van der Waals surface area contributed by atoms with Crippen molar-refractivity contribution in [3.8, 4) is 0 Å². The number of hydrogen-bond acceptors (Lipinski definition) is 2. The molecule has 1 aromatic heterocycles. The minimum Gasteiger partial charge on any atom is -0.367 e. The Balaban J connectivity index is 1.99. The summed E-state index contributed by atoms with van der Waals surface area (Å²) >= 11 is 0. The number of ketones is 1. The minimum atomic E-state index is 0.0920. The Morgan fingerprint density at radius 2 is 2.14 bits per heavy atom. The van der Waals surface area contributed by atoms with Crippen molar-refractivity contribution in [2.24, 2.45) is 11.7 Å². The second kappa shape index (κ2) is 3.96. The lowest BCUT2D eigenvalue weighted by Crippen LogP contribution is -2.25. The fraction of sp³-hybridized carbons (Fsp3) is 0.545. The molecule has 0 bridgehead atoms. The van der Waals surface area contributed by atoms with Gasteiger partial charge in [0.25, 0.3) is 0 Å². The summed E-state index contributed by atoms with van der Waals surface area (Å²) in [7, 11) is 0. The highest BCUT2D eigenvalue weighted by atomic mass is 16.1. The standard InChI is InChI=1S/C11H16N2O/c12-11(9-5-6-13-7-9)8-1-3-10(14)4-2-8/h5-8,11,13H,1-4,12H2. The number of rotatable bonds is 2. The van der Waals surface area contributed by atoms with E-state index < -0.39 is 0 Å². The molecular weight excluding hydrogens is 176 g/mol. The molecule has 1 aromatic rings. The van der Waals surface area contributed by atoms with Crippen molar-refractivity contribution in [3.63, 3.8) is 0 Å². The molecular formula is C11H16N2O. The summed E-state index contributed by atoms with van der Waals surface area (Å²) in [5.74, 6) is 0.867. The van der Waals surface area contributed by atoms with Gasteiger partial charge in [-0.2, -0.15) is 0 Å². The molecule has 1 aliphatic carbocycles. The lowest BCUT2D eigenvalue weighted by Gasteiger charge is -2.26. The molecule has 1 unspecified atom stereocenters. The van der Waals surface area contributed by atoms with E-state index in [2.05, 4.69) is 4.98 Å². The predicted molar refractivity (Wildman–Crippen MR) is 54.7 cm³/mol. The molecule has 1 saturated carbocycles. The fourth-order valence-corrected chi connectivity index (χ4v) is 2.14. The summed E-state index contributed by atoms with van der Waals surface area (Å²) in [6, 6.07) is 2.11. The third-order valence-electron chi connectivity index (χ3n) is 3.10. The highest BCUT2D eigenvalue weighted by Crippen LogP contribution is 2.31. The van der Waals surface area contributed by atoms with Crippen molar-refractivity contribution in [1.82, 2.24) is 4.98 Å².